The van der Waals surface area contributed by atoms with Gasteiger partial charge in [-0.05, 0) is 105 Å². The number of allylic oxidation sites excluding steroid dienone is 4. The van der Waals surface area contributed by atoms with Gasteiger partial charge < -0.3 is 62.0 Å². The summed E-state index contributed by atoms with van der Waals surface area (Å²) in [7, 11) is 4.00. The van der Waals surface area contributed by atoms with Gasteiger partial charge in [0, 0.05) is 65.0 Å². The number of nitrogens with zero attached hydrogens (tertiary/aromatic N) is 8. The van der Waals surface area contributed by atoms with Crippen LogP contribution in [0, 0.1) is 76.3 Å². The molecule has 22 nitrogen and oxygen atoms in total. The first-order valence-corrected chi connectivity index (χ1v) is 23.4. The summed E-state index contributed by atoms with van der Waals surface area (Å²) >= 11 is 1.97. The third kappa shape index (κ3) is 30.1. The molecule has 0 aliphatic heterocycles. The summed E-state index contributed by atoms with van der Waals surface area (Å²) in [5.74, 6) is -7.33. The van der Waals surface area contributed by atoms with Crippen LogP contribution in [-0.2, 0) is 11.0 Å². The number of para-hydroxylation sites is 2. The Morgan fingerprint density at radius 3 is 1.10 bits per heavy atom. The van der Waals surface area contributed by atoms with Crippen molar-refractivity contribution in [1.82, 2.24) is 19.9 Å². The first kappa shape index (κ1) is 83.6. The largest absolute Gasteiger partial charge is 3.00 e. The number of ketones is 2. The first-order chi connectivity index (χ1) is 38.3. The second-order valence-electron chi connectivity index (χ2n) is 13.6. The topological polar surface area (TPSA) is 420 Å². The van der Waals surface area contributed by atoms with Crippen molar-refractivity contribution in [1.29, 1.82) is 0 Å². The first-order valence-electron chi connectivity index (χ1n) is 21.7. The molecule has 0 saturated heterocycles. The average molecular weight is 1510 g/mol. The number of alkyl halides is 6. The van der Waals surface area contributed by atoms with E-state index in [0.717, 1.165) is 61.9 Å². The van der Waals surface area contributed by atoms with E-state index in [1.807, 2.05) is 12.1 Å². The number of thiophene rings is 2. The zero-order chi connectivity index (χ0) is 60.3. The molecule has 0 aliphatic carbocycles. The van der Waals surface area contributed by atoms with Crippen LogP contribution >= 0.6 is 22.7 Å². The maximum Gasteiger partial charge on any atom is 3.00 e. The number of hydrogen-bond donors (Lipinski definition) is 4. The molecule has 2 aromatic carbocycles. The van der Waals surface area contributed by atoms with Gasteiger partial charge in [-0.1, -0.05) is 72.2 Å². The Hall–Kier alpha value is -6.85. The number of halogens is 6. The summed E-state index contributed by atoms with van der Waals surface area (Å²) in [4.78, 5) is 38.3. The monoisotopic (exact) mass is 1520 g/mol. The maximum atomic E-state index is 11.7. The number of hydrogen-bond acceptors (Lipinski definition) is 22. The Morgan fingerprint density at radius 1 is 0.488 bits per heavy atom. The molecule has 0 atom stereocenters. The summed E-state index contributed by atoms with van der Waals surface area (Å²) in [5.41, 5.74) is 2.46. The third-order valence-corrected chi connectivity index (χ3v) is 10.3. The van der Waals surface area contributed by atoms with Crippen molar-refractivity contribution in [2.24, 2.45) is 20.4 Å². The second kappa shape index (κ2) is 45.6. The number of aromatic nitrogens is 4. The van der Waals surface area contributed by atoms with E-state index in [9.17, 15) is 66.6 Å². The zero-order valence-corrected chi connectivity index (χ0v) is 49.4. The molecule has 0 bridgehead atoms. The minimum atomic E-state index is -4.98. The van der Waals surface area contributed by atoms with E-state index < -0.39 is 47.2 Å². The smallest absolute Gasteiger partial charge is 0.871 e. The van der Waals surface area contributed by atoms with Crippen LogP contribution in [0.15, 0.2) is 189 Å². The fourth-order valence-electron chi connectivity index (χ4n) is 5.18. The number of aliphatic hydroxyl groups is 4. The van der Waals surface area contributed by atoms with Crippen LogP contribution in [0.4, 0.5) is 26.3 Å². The molecule has 84 heavy (non-hydrogen) atoms. The van der Waals surface area contributed by atoms with Crippen molar-refractivity contribution < 1.29 is 174 Å². The fourth-order valence-corrected chi connectivity index (χ4v) is 6.45. The van der Waals surface area contributed by atoms with Gasteiger partial charge in [0.15, 0.2) is 11.6 Å². The Bertz CT molecular complexity index is 3090. The van der Waals surface area contributed by atoms with Gasteiger partial charge in [-0.3, -0.25) is 19.6 Å². The predicted octanol–water partition coefficient (Wildman–Crippen LogP) is 1.75. The quantitative estimate of drug-likeness (QED) is 0.0221. The maximum absolute atomic E-state index is 11.7. The van der Waals surface area contributed by atoms with Crippen molar-refractivity contribution in [2.45, 2.75) is 12.4 Å². The minimum Gasteiger partial charge on any atom is -0.871 e. The Balaban J connectivity index is -0.000000489. The van der Waals surface area contributed by atoms with Gasteiger partial charge in [-0.15, -0.1) is 22.7 Å². The van der Waals surface area contributed by atoms with Crippen molar-refractivity contribution in [2.75, 3.05) is 28.4 Å². The SMILES string of the molecule is CO.CO.CO.CO.O=C(/C=C(\[O-])C(F)(F)F)c1cccs1.O=C(/C=C(\[O-])C(F)(F)F)c1cccs1.[Dy+3].[Dy+3].[O-]/C(=N\N=C\c1ccc2cccc([O-])c2n1)c1ccncc1.[O-]/C(=N\N=C\c1ccc2cccc([O-])c2n1)c1ccncc1.[OH3+].[OH3+]. The average Bonchev–Trinajstić information content (AvgIpc) is 4.36. The van der Waals surface area contributed by atoms with Crippen LogP contribution < -0.4 is 30.6 Å². The number of benzene rings is 2. The summed E-state index contributed by atoms with van der Waals surface area (Å²) < 4.78 is 70.3. The Labute approximate surface area is 543 Å². The van der Waals surface area contributed by atoms with Gasteiger partial charge in [0.25, 0.3) is 0 Å². The summed E-state index contributed by atoms with van der Waals surface area (Å²) in [6.07, 6.45) is -1.13. The number of carbonyl (C=O) groups is 2. The van der Waals surface area contributed by atoms with E-state index in [4.69, 9.17) is 20.4 Å². The molecule has 8 rings (SSSR count). The molecule has 6 heterocycles. The molecule has 0 saturated carbocycles. The number of aliphatic hydroxyl groups excluding tert-OH is 4. The summed E-state index contributed by atoms with van der Waals surface area (Å²) in [5, 5.41) is 115. The van der Waals surface area contributed by atoms with E-state index in [1.165, 1.54) is 73.6 Å². The van der Waals surface area contributed by atoms with Gasteiger partial charge in [0.1, 0.15) is 0 Å². The van der Waals surface area contributed by atoms with Crippen LogP contribution in [0.2, 0.25) is 0 Å². The zero-order valence-electron chi connectivity index (χ0n) is 43.7. The summed E-state index contributed by atoms with van der Waals surface area (Å²) in [6, 6.07) is 28.8. The Morgan fingerprint density at radius 2 is 0.810 bits per heavy atom. The van der Waals surface area contributed by atoms with Crippen LogP contribution in [0.3, 0.4) is 0 Å². The number of rotatable bonds is 10. The van der Waals surface area contributed by atoms with Gasteiger partial charge in [0.2, 0.25) is 0 Å². The van der Waals surface area contributed by atoms with Gasteiger partial charge in [-0.25, -0.2) is 9.97 Å². The predicted molar refractivity (Wildman–Crippen MR) is 287 cm³/mol. The second-order valence-corrected chi connectivity index (χ2v) is 15.5. The normalized spacial score (nSPS) is 10.9. The molecule has 10 N–H and O–H groups in total. The molecular formula is C52H50Dy2F6N8O14S2+2. The van der Waals surface area contributed by atoms with Crippen LogP contribution in [0.1, 0.15) is 41.9 Å². The van der Waals surface area contributed by atoms with E-state index in [-0.39, 0.29) is 121 Å². The molecule has 0 fully saturated rings. The van der Waals surface area contributed by atoms with Crippen LogP contribution in [-0.4, -0.2) is 117 Å². The molecule has 0 unspecified atom stereocenters. The summed E-state index contributed by atoms with van der Waals surface area (Å²) in [6.45, 7) is 0. The molecule has 6 aromatic heterocycles. The van der Waals surface area contributed by atoms with Crippen molar-refractivity contribution >= 4 is 80.3 Å². The van der Waals surface area contributed by atoms with Crippen LogP contribution in [0.25, 0.3) is 21.8 Å². The number of pyridine rings is 4. The molecular weight excluding hydrogens is 1460 g/mol. The number of carbonyl (C=O) groups excluding carboxylic acids is 2. The van der Waals surface area contributed by atoms with E-state index in [1.54, 1.807) is 71.4 Å². The molecule has 8 aromatic rings. The standard InChI is InChI=1S/2C16H12N4O2.2C8H5F3O2S.4CH4O.2Dy.2H2O/c2*21-14-3-1-2-11-4-5-13(19-15(11)14)10-18-20-16(22)12-6-8-17-9-7-12;2*9-8(10,11)7(13)4-5(12)6-2-1-3-14-6;4*1-2;;;;/h2*1-10,21H,(H,20,22);2*1-4,13H;4*2H,1H3;;;2*1H2/q;;;;;;;;2*+3;;/p-4/b2*18-10+;2*7-4-;;;;;;;;. The number of fused-ring (bicyclic) bond motifs is 2. The van der Waals surface area contributed by atoms with E-state index in [2.05, 4.69) is 40.3 Å². The van der Waals surface area contributed by atoms with Crippen molar-refractivity contribution in [3.63, 3.8) is 0 Å². The molecule has 32 heteroatoms. The molecule has 0 spiro atoms. The molecule has 0 aliphatic rings. The third-order valence-electron chi connectivity index (χ3n) is 8.55. The molecule has 0 amide bonds. The van der Waals surface area contributed by atoms with E-state index >= 15 is 0 Å². The fraction of sp³-hybridized carbons (Fsp3) is 0.115. The van der Waals surface area contributed by atoms with E-state index in [0.29, 0.717) is 33.5 Å². The molecule has 454 valence electrons. The Kier molecular flexibility index (Phi) is 45.3. The van der Waals surface area contributed by atoms with Crippen molar-refractivity contribution in [3.05, 3.63) is 201 Å². The van der Waals surface area contributed by atoms with Crippen molar-refractivity contribution in [3.8, 4) is 11.5 Å². The van der Waals surface area contributed by atoms with Crippen LogP contribution in [0.5, 0.6) is 11.5 Å². The minimum absolute atomic E-state index is 0. The molecule has 2 radical (unpaired) electrons. The van der Waals surface area contributed by atoms with Gasteiger partial charge >= 0.3 is 88.7 Å². The van der Waals surface area contributed by atoms with Gasteiger partial charge in [-0.2, -0.15) is 46.7 Å². The van der Waals surface area contributed by atoms with Gasteiger partial charge in [0.05, 0.1) is 44.6 Å².